The summed E-state index contributed by atoms with van der Waals surface area (Å²) in [6.07, 6.45) is 1.84. The van der Waals surface area contributed by atoms with Gasteiger partial charge in [0.2, 0.25) is 11.7 Å². The lowest BCUT2D eigenvalue weighted by atomic mass is 9.94. The first kappa shape index (κ1) is 14.7. The summed E-state index contributed by atoms with van der Waals surface area (Å²) < 4.78 is 5.35. The van der Waals surface area contributed by atoms with Crippen LogP contribution >= 0.6 is 0 Å². The highest BCUT2D eigenvalue weighted by Crippen LogP contribution is 2.19. The smallest absolute Gasteiger partial charge is 0.227 e. The Morgan fingerprint density at radius 1 is 1.20 bits per heavy atom. The number of aromatic nitrogens is 2. The van der Waals surface area contributed by atoms with Gasteiger partial charge in [-0.1, -0.05) is 48.8 Å². The summed E-state index contributed by atoms with van der Waals surface area (Å²) in [4.78, 5) is 4.47. The number of aryl methyl sites for hydroxylation is 1. The Labute approximate surface area is 120 Å². The molecule has 2 N–H and O–H groups in total. The van der Waals surface area contributed by atoms with Crippen molar-refractivity contribution in [2.24, 2.45) is 17.6 Å². The molecule has 1 aromatic carbocycles. The zero-order valence-corrected chi connectivity index (χ0v) is 12.5. The maximum absolute atomic E-state index is 5.81. The summed E-state index contributed by atoms with van der Waals surface area (Å²) in [6, 6.07) is 8.12. The molecule has 1 atom stereocenters. The van der Waals surface area contributed by atoms with Crippen molar-refractivity contribution >= 4 is 0 Å². The summed E-state index contributed by atoms with van der Waals surface area (Å²) in [5.74, 6) is 2.36. The van der Waals surface area contributed by atoms with Gasteiger partial charge in [0, 0.05) is 12.0 Å². The summed E-state index contributed by atoms with van der Waals surface area (Å²) in [5.41, 5.74) is 8.02. The highest BCUT2D eigenvalue weighted by molar-refractivity contribution is 5.54. The van der Waals surface area contributed by atoms with Crippen molar-refractivity contribution in [2.75, 3.05) is 6.54 Å². The molecule has 0 unspecified atom stereocenters. The molecule has 2 rings (SSSR count). The third kappa shape index (κ3) is 3.90. The van der Waals surface area contributed by atoms with Crippen molar-refractivity contribution in [3.05, 3.63) is 35.7 Å². The average Bonchev–Trinajstić information content (AvgIpc) is 2.87. The van der Waals surface area contributed by atoms with E-state index in [-0.39, 0.29) is 0 Å². The first-order valence-electron chi connectivity index (χ1n) is 7.18. The zero-order valence-electron chi connectivity index (χ0n) is 12.5. The summed E-state index contributed by atoms with van der Waals surface area (Å²) in [7, 11) is 0. The first-order valence-corrected chi connectivity index (χ1v) is 7.18. The molecule has 0 saturated carbocycles. The van der Waals surface area contributed by atoms with Gasteiger partial charge in [0.1, 0.15) is 0 Å². The molecular formula is C16H23N3O. The van der Waals surface area contributed by atoms with Crippen molar-refractivity contribution in [3.63, 3.8) is 0 Å². The Bertz CT molecular complexity index is 531. The predicted octanol–water partition coefficient (Wildman–Crippen LogP) is 3.21. The van der Waals surface area contributed by atoms with Crippen LogP contribution < -0.4 is 5.73 Å². The molecule has 4 heteroatoms. The van der Waals surface area contributed by atoms with Crippen molar-refractivity contribution < 1.29 is 4.52 Å². The van der Waals surface area contributed by atoms with Gasteiger partial charge in [0.05, 0.1) is 0 Å². The lowest BCUT2D eigenvalue weighted by Crippen LogP contribution is -2.19. The largest absolute Gasteiger partial charge is 0.339 e. The maximum Gasteiger partial charge on any atom is 0.227 e. The van der Waals surface area contributed by atoms with E-state index in [2.05, 4.69) is 30.9 Å². The summed E-state index contributed by atoms with van der Waals surface area (Å²) in [6.45, 7) is 7.12. The lowest BCUT2D eigenvalue weighted by molar-refractivity contribution is 0.332. The van der Waals surface area contributed by atoms with Crippen molar-refractivity contribution in [1.29, 1.82) is 0 Å². The minimum absolute atomic E-state index is 0.404. The molecule has 0 aliphatic carbocycles. The normalized spacial score (nSPS) is 12.8. The van der Waals surface area contributed by atoms with Crippen molar-refractivity contribution in [2.45, 2.75) is 33.6 Å². The van der Waals surface area contributed by atoms with Crippen molar-refractivity contribution in [1.82, 2.24) is 10.1 Å². The number of hydrogen-bond acceptors (Lipinski definition) is 4. The fraction of sp³-hybridized carbons (Fsp3) is 0.500. The third-order valence-corrected chi connectivity index (χ3v) is 3.38. The van der Waals surface area contributed by atoms with Crippen LogP contribution in [0, 0.1) is 18.8 Å². The predicted molar refractivity (Wildman–Crippen MR) is 80.2 cm³/mol. The van der Waals surface area contributed by atoms with Crippen LogP contribution in [0.1, 0.15) is 31.7 Å². The standard InChI is InChI=1S/C16H23N3O/c1-11(2)8-13(10-17)9-15-18-16(19-20-15)14-6-4-12(3)5-7-14/h4-7,11,13H,8-10,17H2,1-3H3/t13-/m0/s1. The van der Waals surface area contributed by atoms with Crippen LogP contribution in [0.5, 0.6) is 0 Å². The fourth-order valence-corrected chi connectivity index (χ4v) is 2.33. The molecule has 4 nitrogen and oxygen atoms in total. The van der Waals surface area contributed by atoms with Crippen LogP contribution in [-0.2, 0) is 6.42 Å². The quantitative estimate of drug-likeness (QED) is 0.877. The van der Waals surface area contributed by atoms with Gasteiger partial charge in [-0.3, -0.25) is 0 Å². The third-order valence-electron chi connectivity index (χ3n) is 3.38. The van der Waals surface area contributed by atoms with Crippen LogP contribution in [0.25, 0.3) is 11.4 Å². The number of hydrogen-bond donors (Lipinski definition) is 1. The molecule has 0 radical (unpaired) electrons. The number of nitrogens with two attached hydrogens (primary N) is 1. The van der Waals surface area contributed by atoms with E-state index < -0.39 is 0 Å². The van der Waals surface area contributed by atoms with Gasteiger partial charge in [-0.25, -0.2) is 0 Å². The second kappa shape index (κ2) is 6.66. The molecule has 0 aliphatic rings. The van der Waals surface area contributed by atoms with Gasteiger partial charge in [0.15, 0.2) is 0 Å². The number of benzene rings is 1. The molecule has 0 spiro atoms. The van der Waals surface area contributed by atoms with Crippen LogP contribution in [0.3, 0.4) is 0 Å². The Hall–Kier alpha value is -1.68. The van der Waals surface area contributed by atoms with E-state index >= 15 is 0 Å². The van der Waals surface area contributed by atoms with E-state index in [1.54, 1.807) is 0 Å². The van der Waals surface area contributed by atoms with Crippen LogP contribution in [-0.4, -0.2) is 16.7 Å². The molecule has 0 aliphatic heterocycles. The molecule has 1 heterocycles. The fourth-order valence-electron chi connectivity index (χ4n) is 2.33. The topological polar surface area (TPSA) is 64.9 Å². The minimum atomic E-state index is 0.404. The molecule has 108 valence electrons. The first-order chi connectivity index (χ1) is 9.58. The van der Waals surface area contributed by atoms with E-state index in [0.29, 0.717) is 30.1 Å². The minimum Gasteiger partial charge on any atom is -0.339 e. The van der Waals surface area contributed by atoms with Crippen molar-refractivity contribution in [3.8, 4) is 11.4 Å². The molecule has 2 aromatic rings. The van der Waals surface area contributed by atoms with E-state index in [1.165, 1.54) is 5.56 Å². The molecule has 0 bridgehead atoms. The van der Waals surface area contributed by atoms with E-state index in [1.807, 2.05) is 24.3 Å². The van der Waals surface area contributed by atoms with Crippen LogP contribution in [0.2, 0.25) is 0 Å². The maximum atomic E-state index is 5.81. The van der Waals surface area contributed by atoms with Gasteiger partial charge in [-0.05, 0) is 31.7 Å². The van der Waals surface area contributed by atoms with E-state index in [0.717, 1.165) is 18.4 Å². The van der Waals surface area contributed by atoms with Crippen LogP contribution in [0.15, 0.2) is 28.8 Å². The molecule has 0 saturated heterocycles. The zero-order chi connectivity index (χ0) is 14.5. The second-order valence-corrected chi connectivity index (χ2v) is 5.81. The molecule has 1 aromatic heterocycles. The number of rotatable bonds is 6. The molecule has 20 heavy (non-hydrogen) atoms. The molecular weight excluding hydrogens is 250 g/mol. The summed E-state index contributed by atoms with van der Waals surface area (Å²) >= 11 is 0. The lowest BCUT2D eigenvalue weighted by Gasteiger charge is -2.14. The monoisotopic (exact) mass is 273 g/mol. The number of nitrogens with zero attached hydrogens (tertiary/aromatic N) is 2. The highest BCUT2D eigenvalue weighted by Gasteiger charge is 2.15. The highest BCUT2D eigenvalue weighted by atomic mass is 16.5. The van der Waals surface area contributed by atoms with Gasteiger partial charge in [0.25, 0.3) is 0 Å². The van der Waals surface area contributed by atoms with Gasteiger partial charge in [-0.15, -0.1) is 0 Å². The Kier molecular flexibility index (Phi) is 4.90. The van der Waals surface area contributed by atoms with E-state index in [9.17, 15) is 0 Å². The SMILES string of the molecule is Cc1ccc(-c2noc(C[C@@H](CN)CC(C)C)n2)cc1. The molecule has 0 fully saturated rings. The molecule has 0 amide bonds. The van der Waals surface area contributed by atoms with Gasteiger partial charge in [-0.2, -0.15) is 4.98 Å². The Morgan fingerprint density at radius 2 is 1.90 bits per heavy atom. The Balaban J connectivity index is 2.06. The Morgan fingerprint density at radius 3 is 2.50 bits per heavy atom. The summed E-state index contributed by atoms with van der Waals surface area (Å²) in [5, 5.41) is 4.06. The van der Waals surface area contributed by atoms with Gasteiger partial charge < -0.3 is 10.3 Å². The van der Waals surface area contributed by atoms with E-state index in [4.69, 9.17) is 10.3 Å². The second-order valence-electron chi connectivity index (χ2n) is 5.81. The average molecular weight is 273 g/mol. The van der Waals surface area contributed by atoms with Gasteiger partial charge >= 0.3 is 0 Å². The van der Waals surface area contributed by atoms with Crippen LogP contribution in [0.4, 0.5) is 0 Å².